The number of likely N-dealkylation sites (tertiary alicyclic amines) is 1. The zero-order valence-electron chi connectivity index (χ0n) is 14.9. The summed E-state index contributed by atoms with van der Waals surface area (Å²) >= 11 is 5.93. The third-order valence-electron chi connectivity index (χ3n) is 5.17. The molecule has 1 aliphatic heterocycles. The number of nitrogens with zero attached hydrogens (tertiary/aromatic N) is 1. The predicted octanol–water partition coefficient (Wildman–Crippen LogP) is 4.54. The fourth-order valence-electron chi connectivity index (χ4n) is 3.68. The standard InChI is InChI=1S/C22H20ClNO3/c23-17-6-7-20-18(13-17)19(25)14-21(27-20)22(26)24-10-8-16(9-11-24)12-15-4-2-1-3-5-15/h1-7,13-14,16H,8-12H2. The highest BCUT2D eigenvalue weighted by atomic mass is 35.5. The predicted molar refractivity (Wildman–Crippen MR) is 106 cm³/mol. The van der Waals surface area contributed by atoms with Gasteiger partial charge in [0.1, 0.15) is 5.58 Å². The Balaban J connectivity index is 1.46. The highest BCUT2D eigenvalue weighted by Gasteiger charge is 2.25. The maximum atomic E-state index is 12.8. The molecule has 0 aliphatic carbocycles. The van der Waals surface area contributed by atoms with Gasteiger partial charge in [0.25, 0.3) is 5.91 Å². The summed E-state index contributed by atoms with van der Waals surface area (Å²) in [7, 11) is 0. The molecular weight excluding hydrogens is 362 g/mol. The summed E-state index contributed by atoms with van der Waals surface area (Å²) in [6.45, 7) is 1.36. The van der Waals surface area contributed by atoms with Crippen LogP contribution in [0.25, 0.3) is 11.0 Å². The highest BCUT2D eigenvalue weighted by molar-refractivity contribution is 6.31. The molecule has 1 amide bonds. The monoisotopic (exact) mass is 381 g/mol. The molecule has 0 unspecified atom stereocenters. The number of fused-ring (bicyclic) bond motifs is 1. The van der Waals surface area contributed by atoms with Gasteiger partial charge in [0.05, 0.1) is 5.39 Å². The van der Waals surface area contributed by atoms with Crippen LogP contribution < -0.4 is 5.43 Å². The number of hydrogen-bond acceptors (Lipinski definition) is 3. The summed E-state index contributed by atoms with van der Waals surface area (Å²) in [4.78, 5) is 26.9. The van der Waals surface area contributed by atoms with E-state index in [9.17, 15) is 9.59 Å². The minimum absolute atomic E-state index is 0.0938. The van der Waals surface area contributed by atoms with E-state index in [1.54, 1.807) is 23.1 Å². The lowest BCUT2D eigenvalue weighted by Gasteiger charge is -2.31. The number of carbonyl (C=O) groups is 1. The van der Waals surface area contributed by atoms with Crippen molar-refractivity contribution in [2.75, 3.05) is 13.1 Å². The molecule has 0 saturated carbocycles. The Kier molecular flexibility index (Phi) is 4.99. The van der Waals surface area contributed by atoms with E-state index in [1.165, 1.54) is 11.6 Å². The van der Waals surface area contributed by atoms with Gasteiger partial charge in [-0.25, -0.2) is 0 Å². The first-order valence-electron chi connectivity index (χ1n) is 9.17. The van der Waals surface area contributed by atoms with E-state index >= 15 is 0 Å². The van der Waals surface area contributed by atoms with Gasteiger partial charge in [-0.15, -0.1) is 0 Å². The van der Waals surface area contributed by atoms with Crippen LogP contribution in [0.4, 0.5) is 0 Å². The van der Waals surface area contributed by atoms with Crippen LogP contribution in [0.5, 0.6) is 0 Å². The van der Waals surface area contributed by atoms with Crippen molar-refractivity contribution in [2.24, 2.45) is 5.92 Å². The van der Waals surface area contributed by atoms with Crippen molar-refractivity contribution in [3.05, 3.63) is 81.2 Å². The van der Waals surface area contributed by atoms with Crippen molar-refractivity contribution in [1.82, 2.24) is 4.90 Å². The number of rotatable bonds is 3. The van der Waals surface area contributed by atoms with Crippen LogP contribution in [0.15, 0.2) is 63.8 Å². The Morgan fingerprint density at radius 3 is 2.56 bits per heavy atom. The zero-order chi connectivity index (χ0) is 18.8. The van der Waals surface area contributed by atoms with Crippen LogP contribution in [0.1, 0.15) is 29.0 Å². The number of halogens is 1. The Hall–Kier alpha value is -2.59. The SMILES string of the molecule is O=C(c1cc(=O)c2cc(Cl)ccc2o1)N1CCC(Cc2ccccc2)CC1. The molecule has 3 aromatic rings. The fourth-order valence-corrected chi connectivity index (χ4v) is 3.85. The van der Waals surface area contributed by atoms with Crippen LogP contribution in [-0.4, -0.2) is 23.9 Å². The highest BCUT2D eigenvalue weighted by Crippen LogP contribution is 2.24. The molecule has 1 aromatic heterocycles. The minimum atomic E-state index is -0.249. The van der Waals surface area contributed by atoms with Crippen LogP contribution in [0.2, 0.25) is 5.02 Å². The molecule has 2 aromatic carbocycles. The number of hydrogen-bond donors (Lipinski definition) is 0. The van der Waals surface area contributed by atoms with Gasteiger partial charge in [0, 0.05) is 24.2 Å². The molecule has 0 spiro atoms. The van der Waals surface area contributed by atoms with E-state index in [2.05, 4.69) is 24.3 Å². The van der Waals surface area contributed by atoms with Crippen LogP contribution in [0.3, 0.4) is 0 Å². The fraction of sp³-hybridized carbons (Fsp3) is 0.273. The summed E-state index contributed by atoms with van der Waals surface area (Å²) in [6.07, 6.45) is 2.94. The quantitative estimate of drug-likeness (QED) is 0.669. The number of piperidine rings is 1. The lowest BCUT2D eigenvalue weighted by molar-refractivity contribution is 0.0659. The summed E-state index contributed by atoms with van der Waals surface area (Å²) in [5, 5.41) is 0.856. The van der Waals surface area contributed by atoms with E-state index in [0.29, 0.717) is 35.0 Å². The van der Waals surface area contributed by atoms with Crippen molar-refractivity contribution in [3.8, 4) is 0 Å². The van der Waals surface area contributed by atoms with Crippen molar-refractivity contribution in [2.45, 2.75) is 19.3 Å². The van der Waals surface area contributed by atoms with Crippen LogP contribution in [0, 0.1) is 5.92 Å². The molecule has 0 atom stereocenters. The first-order chi connectivity index (χ1) is 13.1. The van der Waals surface area contributed by atoms with E-state index < -0.39 is 0 Å². The van der Waals surface area contributed by atoms with Crippen molar-refractivity contribution in [1.29, 1.82) is 0 Å². The third kappa shape index (κ3) is 3.91. The molecule has 27 heavy (non-hydrogen) atoms. The molecule has 0 bridgehead atoms. The number of carbonyl (C=O) groups excluding carboxylic acids is 1. The Morgan fingerprint density at radius 2 is 1.81 bits per heavy atom. The topological polar surface area (TPSA) is 50.5 Å². The van der Waals surface area contributed by atoms with Gasteiger partial charge in [-0.3, -0.25) is 9.59 Å². The molecular formula is C22H20ClNO3. The van der Waals surface area contributed by atoms with Crippen LogP contribution in [-0.2, 0) is 6.42 Å². The van der Waals surface area contributed by atoms with E-state index in [1.807, 2.05) is 6.07 Å². The van der Waals surface area contributed by atoms with Gasteiger partial charge in [-0.05, 0) is 48.9 Å². The molecule has 4 nitrogen and oxygen atoms in total. The minimum Gasteiger partial charge on any atom is -0.451 e. The Morgan fingerprint density at radius 1 is 1.07 bits per heavy atom. The Bertz CT molecular complexity index is 1020. The molecule has 1 aliphatic rings. The van der Waals surface area contributed by atoms with Gasteiger partial charge in [0.2, 0.25) is 0 Å². The second-order valence-corrected chi connectivity index (χ2v) is 7.48. The molecule has 0 N–H and O–H groups in total. The summed E-state index contributed by atoms with van der Waals surface area (Å²) in [5.41, 5.74) is 1.47. The van der Waals surface area contributed by atoms with Gasteiger partial charge >= 0.3 is 0 Å². The Labute approximate surface area is 162 Å². The average Bonchev–Trinajstić information content (AvgIpc) is 2.69. The second kappa shape index (κ2) is 7.57. The maximum absolute atomic E-state index is 12.8. The molecule has 1 saturated heterocycles. The van der Waals surface area contributed by atoms with Gasteiger partial charge in [-0.2, -0.15) is 0 Å². The molecule has 4 rings (SSSR count). The normalized spacial score (nSPS) is 15.2. The molecule has 1 fully saturated rings. The molecule has 2 heterocycles. The maximum Gasteiger partial charge on any atom is 0.289 e. The van der Waals surface area contributed by atoms with E-state index in [-0.39, 0.29) is 17.1 Å². The smallest absolute Gasteiger partial charge is 0.289 e. The largest absolute Gasteiger partial charge is 0.451 e. The van der Waals surface area contributed by atoms with Crippen molar-refractivity contribution < 1.29 is 9.21 Å². The van der Waals surface area contributed by atoms with Crippen molar-refractivity contribution in [3.63, 3.8) is 0 Å². The number of amides is 1. The van der Waals surface area contributed by atoms with Gasteiger partial charge in [-0.1, -0.05) is 41.9 Å². The molecule has 138 valence electrons. The van der Waals surface area contributed by atoms with E-state index in [4.69, 9.17) is 16.0 Å². The first-order valence-corrected chi connectivity index (χ1v) is 9.54. The lowest BCUT2D eigenvalue weighted by Crippen LogP contribution is -2.39. The van der Waals surface area contributed by atoms with Crippen LogP contribution >= 0.6 is 11.6 Å². The lowest BCUT2D eigenvalue weighted by atomic mass is 9.90. The number of benzene rings is 2. The van der Waals surface area contributed by atoms with Crippen molar-refractivity contribution >= 4 is 28.5 Å². The first kappa shape index (κ1) is 17.8. The average molecular weight is 382 g/mol. The summed E-state index contributed by atoms with van der Waals surface area (Å²) in [6, 6.07) is 16.5. The van der Waals surface area contributed by atoms with E-state index in [0.717, 1.165) is 19.3 Å². The molecule has 0 radical (unpaired) electrons. The summed E-state index contributed by atoms with van der Waals surface area (Å²) < 4.78 is 5.69. The third-order valence-corrected chi connectivity index (χ3v) is 5.40. The van der Waals surface area contributed by atoms with Gasteiger partial charge in [0.15, 0.2) is 11.2 Å². The van der Waals surface area contributed by atoms with Gasteiger partial charge < -0.3 is 9.32 Å². The zero-order valence-corrected chi connectivity index (χ0v) is 15.6. The second-order valence-electron chi connectivity index (χ2n) is 7.04. The summed E-state index contributed by atoms with van der Waals surface area (Å²) in [5.74, 6) is 0.445. The molecule has 5 heteroatoms.